The summed E-state index contributed by atoms with van der Waals surface area (Å²) in [6, 6.07) is 9.85. The van der Waals surface area contributed by atoms with Gasteiger partial charge >= 0.3 is 0 Å². The van der Waals surface area contributed by atoms with Gasteiger partial charge in [-0.15, -0.1) is 0 Å². The monoisotopic (exact) mass is 217 g/mol. The average Bonchev–Trinajstić information content (AvgIpc) is 2.59. The maximum atomic E-state index is 5.68. The van der Waals surface area contributed by atoms with Crippen molar-refractivity contribution in [2.75, 3.05) is 12.8 Å². The molecule has 4 nitrogen and oxygen atoms in total. The van der Waals surface area contributed by atoms with Crippen LogP contribution in [0.1, 0.15) is 11.3 Å². The predicted octanol–water partition coefficient (Wildman–Crippen LogP) is 1.91. The van der Waals surface area contributed by atoms with Gasteiger partial charge < -0.3 is 10.5 Å². The van der Waals surface area contributed by atoms with Gasteiger partial charge in [0.2, 0.25) is 0 Å². The zero-order valence-corrected chi connectivity index (χ0v) is 9.47. The van der Waals surface area contributed by atoms with E-state index in [9.17, 15) is 0 Å². The van der Waals surface area contributed by atoms with Gasteiger partial charge in [0.15, 0.2) is 0 Å². The number of hydrogen-bond acceptors (Lipinski definition) is 3. The van der Waals surface area contributed by atoms with Crippen LogP contribution in [-0.4, -0.2) is 16.9 Å². The summed E-state index contributed by atoms with van der Waals surface area (Å²) in [5.74, 6) is 0.532. The number of aromatic nitrogens is 2. The molecule has 2 aromatic rings. The Morgan fingerprint density at radius 3 is 2.75 bits per heavy atom. The molecule has 0 aliphatic rings. The van der Waals surface area contributed by atoms with Gasteiger partial charge in [-0.3, -0.25) is 0 Å². The van der Waals surface area contributed by atoms with E-state index in [-0.39, 0.29) is 0 Å². The summed E-state index contributed by atoms with van der Waals surface area (Å²) in [6.45, 7) is 2.54. The lowest BCUT2D eigenvalue weighted by Gasteiger charge is -2.09. The Balaban J connectivity index is 2.50. The highest BCUT2D eigenvalue weighted by molar-refractivity contribution is 5.43. The molecule has 2 N–H and O–H groups in total. The smallest absolute Gasteiger partial charge is 0.146 e. The first kappa shape index (κ1) is 10.7. The highest BCUT2D eigenvalue weighted by Gasteiger charge is 2.08. The van der Waals surface area contributed by atoms with E-state index in [1.54, 1.807) is 7.11 Å². The fraction of sp³-hybridized carbons (Fsp3) is 0.250. The van der Waals surface area contributed by atoms with Crippen LogP contribution in [0.3, 0.4) is 0 Å². The molecule has 2 rings (SSSR count). The summed E-state index contributed by atoms with van der Waals surface area (Å²) in [5, 5.41) is 4.26. The van der Waals surface area contributed by atoms with Crippen LogP contribution in [0.4, 0.5) is 5.82 Å². The molecule has 0 spiro atoms. The van der Waals surface area contributed by atoms with Crippen molar-refractivity contribution in [2.45, 2.75) is 13.5 Å². The molecule has 0 aliphatic heterocycles. The third-order valence-electron chi connectivity index (χ3n) is 2.43. The van der Waals surface area contributed by atoms with E-state index in [0.717, 1.165) is 16.9 Å². The summed E-state index contributed by atoms with van der Waals surface area (Å²) in [4.78, 5) is 0. The van der Waals surface area contributed by atoms with E-state index >= 15 is 0 Å². The first-order chi connectivity index (χ1) is 7.72. The zero-order chi connectivity index (χ0) is 11.5. The molecule has 1 heterocycles. The number of rotatable bonds is 3. The standard InChI is InChI=1S/C12H15N3O/c1-9-7-12(13)14-15(9)11-6-4-3-5-10(11)8-16-2/h3-7H,8H2,1-2H3,(H2,13,14). The van der Waals surface area contributed by atoms with Crippen LogP contribution in [0, 0.1) is 6.92 Å². The highest BCUT2D eigenvalue weighted by Crippen LogP contribution is 2.18. The normalized spacial score (nSPS) is 10.6. The number of nitrogens with zero attached hydrogens (tertiary/aromatic N) is 2. The van der Waals surface area contributed by atoms with Gasteiger partial charge in [-0.25, -0.2) is 4.68 Å². The third-order valence-corrected chi connectivity index (χ3v) is 2.43. The van der Waals surface area contributed by atoms with Gasteiger partial charge in [-0.2, -0.15) is 5.10 Å². The Bertz CT molecular complexity index is 491. The second-order valence-electron chi connectivity index (χ2n) is 3.68. The maximum Gasteiger partial charge on any atom is 0.146 e. The van der Waals surface area contributed by atoms with E-state index in [4.69, 9.17) is 10.5 Å². The average molecular weight is 217 g/mol. The Kier molecular flexibility index (Phi) is 2.92. The van der Waals surface area contributed by atoms with E-state index in [1.807, 2.05) is 41.9 Å². The molecule has 4 heteroatoms. The molecule has 16 heavy (non-hydrogen) atoms. The maximum absolute atomic E-state index is 5.68. The van der Waals surface area contributed by atoms with Crippen molar-refractivity contribution >= 4 is 5.82 Å². The molecular formula is C12H15N3O. The number of aryl methyl sites for hydroxylation is 1. The number of methoxy groups -OCH3 is 1. The lowest BCUT2D eigenvalue weighted by molar-refractivity contribution is 0.184. The topological polar surface area (TPSA) is 53.1 Å². The van der Waals surface area contributed by atoms with E-state index in [2.05, 4.69) is 5.10 Å². The van der Waals surface area contributed by atoms with Gasteiger partial charge in [0.05, 0.1) is 12.3 Å². The van der Waals surface area contributed by atoms with Crippen LogP contribution in [0.15, 0.2) is 30.3 Å². The Morgan fingerprint density at radius 1 is 1.38 bits per heavy atom. The molecule has 0 aliphatic carbocycles. The van der Waals surface area contributed by atoms with Crippen molar-refractivity contribution in [1.29, 1.82) is 0 Å². The largest absolute Gasteiger partial charge is 0.382 e. The van der Waals surface area contributed by atoms with Crippen molar-refractivity contribution in [1.82, 2.24) is 9.78 Å². The molecule has 0 saturated carbocycles. The number of benzene rings is 1. The third kappa shape index (κ3) is 1.92. The summed E-state index contributed by atoms with van der Waals surface area (Å²) < 4.78 is 7.00. The van der Waals surface area contributed by atoms with Gasteiger partial charge in [-0.1, -0.05) is 18.2 Å². The van der Waals surface area contributed by atoms with Crippen LogP contribution < -0.4 is 5.73 Å². The van der Waals surface area contributed by atoms with Gasteiger partial charge in [-0.05, 0) is 13.0 Å². The molecule has 0 atom stereocenters. The fourth-order valence-electron chi connectivity index (χ4n) is 1.74. The van der Waals surface area contributed by atoms with Crippen molar-refractivity contribution in [2.24, 2.45) is 0 Å². The molecular weight excluding hydrogens is 202 g/mol. The van der Waals surface area contributed by atoms with Gasteiger partial charge in [0.1, 0.15) is 5.82 Å². The van der Waals surface area contributed by atoms with Gasteiger partial charge in [0, 0.05) is 24.4 Å². The number of nitrogens with two attached hydrogens (primary N) is 1. The zero-order valence-electron chi connectivity index (χ0n) is 9.47. The molecule has 1 aromatic heterocycles. The number of hydrogen-bond donors (Lipinski definition) is 1. The van der Waals surface area contributed by atoms with E-state index < -0.39 is 0 Å². The number of anilines is 1. The molecule has 0 fully saturated rings. The molecule has 84 valence electrons. The molecule has 1 aromatic carbocycles. The van der Waals surface area contributed by atoms with Crippen molar-refractivity contribution in [3.8, 4) is 5.69 Å². The first-order valence-electron chi connectivity index (χ1n) is 5.11. The highest BCUT2D eigenvalue weighted by atomic mass is 16.5. The molecule has 0 saturated heterocycles. The van der Waals surface area contributed by atoms with Crippen LogP contribution in [-0.2, 0) is 11.3 Å². The summed E-state index contributed by atoms with van der Waals surface area (Å²) in [7, 11) is 1.68. The predicted molar refractivity (Wildman–Crippen MR) is 63.4 cm³/mol. The lowest BCUT2D eigenvalue weighted by Crippen LogP contribution is -2.04. The number of ether oxygens (including phenoxy) is 1. The summed E-state index contributed by atoms with van der Waals surface area (Å²) in [6.07, 6.45) is 0. The van der Waals surface area contributed by atoms with E-state index in [0.29, 0.717) is 12.4 Å². The van der Waals surface area contributed by atoms with Crippen molar-refractivity contribution < 1.29 is 4.74 Å². The van der Waals surface area contributed by atoms with Crippen molar-refractivity contribution in [3.05, 3.63) is 41.6 Å². The Labute approximate surface area is 94.6 Å². The summed E-state index contributed by atoms with van der Waals surface area (Å²) >= 11 is 0. The van der Waals surface area contributed by atoms with Crippen LogP contribution >= 0.6 is 0 Å². The molecule has 0 radical (unpaired) electrons. The Morgan fingerprint density at radius 2 is 2.12 bits per heavy atom. The SMILES string of the molecule is COCc1ccccc1-n1nc(N)cc1C. The fourth-order valence-corrected chi connectivity index (χ4v) is 1.74. The van der Waals surface area contributed by atoms with Crippen LogP contribution in [0.5, 0.6) is 0 Å². The number of para-hydroxylation sites is 1. The minimum atomic E-state index is 0.532. The van der Waals surface area contributed by atoms with Gasteiger partial charge in [0.25, 0.3) is 0 Å². The molecule has 0 amide bonds. The first-order valence-corrected chi connectivity index (χ1v) is 5.11. The molecule has 0 bridgehead atoms. The van der Waals surface area contributed by atoms with Crippen LogP contribution in [0.25, 0.3) is 5.69 Å². The Hall–Kier alpha value is -1.81. The second-order valence-corrected chi connectivity index (χ2v) is 3.68. The lowest BCUT2D eigenvalue weighted by atomic mass is 10.2. The minimum absolute atomic E-state index is 0.532. The summed E-state index contributed by atoms with van der Waals surface area (Å²) in [5.41, 5.74) is 8.80. The molecule has 0 unspecified atom stereocenters. The quantitative estimate of drug-likeness (QED) is 0.854. The van der Waals surface area contributed by atoms with E-state index in [1.165, 1.54) is 0 Å². The number of nitrogen functional groups attached to an aromatic ring is 1. The second kappa shape index (κ2) is 4.37. The minimum Gasteiger partial charge on any atom is -0.382 e. The van der Waals surface area contributed by atoms with Crippen molar-refractivity contribution in [3.63, 3.8) is 0 Å². The van der Waals surface area contributed by atoms with Crippen LogP contribution in [0.2, 0.25) is 0 Å².